The van der Waals surface area contributed by atoms with Crippen molar-refractivity contribution in [3.8, 4) is 0 Å². The van der Waals surface area contributed by atoms with Gasteiger partial charge in [-0.3, -0.25) is 0 Å². The van der Waals surface area contributed by atoms with E-state index in [4.69, 9.17) is 0 Å². The van der Waals surface area contributed by atoms with Crippen LogP contribution in [0.1, 0.15) is 51.7 Å². The van der Waals surface area contributed by atoms with E-state index in [1.807, 2.05) is 31.2 Å². The highest BCUT2D eigenvalue weighted by Gasteiger charge is 2.09. The molecule has 0 fully saturated rings. The Hall–Kier alpha value is -1.64. The summed E-state index contributed by atoms with van der Waals surface area (Å²) in [4.78, 5) is 7.11. The van der Waals surface area contributed by atoms with E-state index >= 15 is 0 Å². The third-order valence-corrected chi connectivity index (χ3v) is 6.15. The smallest absolute Gasteiger partial charge is 0.215 e. The maximum absolute atomic E-state index is 11.8. The van der Waals surface area contributed by atoms with Gasteiger partial charge in [-0.2, -0.15) is 0 Å². The lowest BCUT2D eigenvalue weighted by molar-refractivity contribution is 0.292. The van der Waals surface area contributed by atoms with Gasteiger partial charge in [0.2, 0.25) is 10.0 Å². The van der Waals surface area contributed by atoms with Crippen LogP contribution >= 0.6 is 0 Å². The molecule has 166 valence electrons. The highest BCUT2D eigenvalue weighted by atomic mass is 32.2. The molecule has 0 aliphatic rings. The molecule has 0 spiro atoms. The van der Waals surface area contributed by atoms with Crippen molar-refractivity contribution in [3.63, 3.8) is 0 Å². The molecule has 0 radical (unpaired) electrons. The molecule has 7 nitrogen and oxygen atoms in total. The molecule has 29 heavy (non-hydrogen) atoms. The molecule has 0 amide bonds. The monoisotopic (exact) mass is 425 g/mol. The highest BCUT2D eigenvalue weighted by Crippen LogP contribution is 2.10. The largest absolute Gasteiger partial charge is 0.357 e. The number of aliphatic imine (C=N–C) groups is 1. The molecule has 3 N–H and O–H groups in total. The topological polar surface area (TPSA) is 85.8 Å². The molecule has 0 bridgehead atoms. The summed E-state index contributed by atoms with van der Waals surface area (Å²) in [5.74, 6) is 0.763. The van der Waals surface area contributed by atoms with E-state index in [1.165, 1.54) is 7.05 Å². The van der Waals surface area contributed by atoms with Gasteiger partial charge in [0.15, 0.2) is 5.96 Å². The van der Waals surface area contributed by atoms with Crippen LogP contribution in [0.3, 0.4) is 0 Å². The van der Waals surface area contributed by atoms with Crippen molar-refractivity contribution in [2.24, 2.45) is 4.99 Å². The molecule has 0 aliphatic carbocycles. The molecule has 1 rings (SSSR count). The van der Waals surface area contributed by atoms with Crippen LogP contribution in [0.4, 0.5) is 0 Å². The quantitative estimate of drug-likeness (QED) is 0.334. The molecule has 1 unspecified atom stereocenters. The standard InChI is InChI=1S/C21H39N5O2S/c1-6-23-21(25-18(4)11-10-14-26(7-2)8-3)24-16-19-12-9-13-20(15-19)17-29(27,28)22-5/h9,12-13,15,18,22H,6-8,10-11,14,16-17H2,1-5H3,(H2,23,24,25). The maximum atomic E-state index is 11.8. The van der Waals surface area contributed by atoms with Crippen LogP contribution in [0.15, 0.2) is 29.3 Å². The minimum Gasteiger partial charge on any atom is -0.357 e. The van der Waals surface area contributed by atoms with Gasteiger partial charge in [0, 0.05) is 12.6 Å². The highest BCUT2D eigenvalue weighted by molar-refractivity contribution is 7.88. The Bertz CT molecular complexity index is 718. The van der Waals surface area contributed by atoms with Crippen LogP contribution in [-0.4, -0.2) is 58.5 Å². The van der Waals surface area contributed by atoms with Crippen molar-refractivity contribution in [2.75, 3.05) is 33.2 Å². The Kier molecular flexibility index (Phi) is 11.9. The number of hydrogen-bond acceptors (Lipinski definition) is 4. The summed E-state index contributed by atoms with van der Waals surface area (Å²) in [6, 6.07) is 7.90. The van der Waals surface area contributed by atoms with Gasteiger partial charge in [0.05, 0.1) is 12.3 Å². The molecule has 0 heterocycles. The second-order valence-corrected chi connectivity index (χ2v) is 9.12. The first-order valence-corrected chi connectivity index (χ1v) is 12.2. The number of nitrogens with one attached hydrogen (secondary N) is 3. The number of guanidine groups is 1. The fourth-order valence-electron chi connectivity index (χ4n) is 3.07. The SMILES string of the molecule is CCNC(=NCc1cccc(CS(=O)(=O)NC)c1)NC(C)CCCN(CC)CC. The Labute approximate surface area is 177 Å². The first-order valence-electron chi connectivity index (χ1n) is 10.6. The zero-order valence-electron chi connectivity index (χ0n) is 18.7. The molecular formula is C21H39N5O2S. The Morgan fingerprint density at radius 1 is 1.17 bits per heavy atom. The lowest BCUT2D eigenvalue weighted by Crippen LogP contribution is -2.42. The van der Waals surface area contributed by atoms with Gasteiger partial charge >= 0.3 is 0 Å². The fourth-order valence-corrected chi connectivity index (χ4v) is 3.83. The van der Waals surface area contributed by atoms with E-state index < -0.39 is 10.0 Å². The van der Waals surface area contributed by atoms with Crippen LogP contribution in [0.2, 0.25) is 0 Å². The van der Waals surface area contributed by atoms with Crippen LogP contribution < -0.4 is 15.4 Å². The minimum atomic E-state index is -3.28. The van der Waals surface area contributed by atoms with Crippen LogP contribution in [0.5, 0.6) is 0 Å². The lowest BCUT2D eigenvalue weighted by Gasteiger charge is -2.21. The summed E-state index contributed by atoms with van der Waals surface area (Å²) in [7, 11) is -1.85. The van der Waals surface area contributed by atoms with E-state index in [9.17, 15) is 8.42 Å². The normalized spacial score (nSPS) is 13.5. The molecule has 1 aromatic rings. The number of sulfonamides is 1. The molecule has 8 heteroatoms. The summed E-state index contributed by atoms with van der Waals surface area (Å²) in [6.07, 6.45) is 2.23. The predicted molar refractivity (Wildman–Crippen MR) is 123 cm³/mol. The van der Waals surface area contributed by atoms with E-state index in [1.54, 1.807) is 0 Å². The van der Waals surface area contributed by atoms with Crippen molar-refractivity contribution in [2.45, 2.75) is 58.9 Å². The van der Waals surface area contributed by atoms with Crippen LogP contribution in [0.25, 0.3) is 0 Å². The summed E-state index contributed by atoms with van der Waals surface area (Å²) >= 11 is 0. The molecule has 0 aromatic heterocycles. The van der Waals surface area contributed by atoms with Gasteiger partial charge < -0.3 is 15.5 Å². The third kappa shape index (κ3) is 10.6. The van der Waals surface area contributed by atoms with E-state index in [0.717, 1.165) is 56.1 Å². The summed E-state index contributed by atoms with van der Waals surface area (Å²) in [5.41, 5.74) is 1.75. The van der Waals surface area contributed by atoms with Crippen molar-refractivity contribution in [3.05, 3.63) is 35.4 Å². The second-order valence-electron chi connectivity index (χ2n) is 7.19. The third-order valence-electron chi connectivity index (χ3n) is 4.81. The summed E-state index contributed by atoms with van der Waals surface area (Å²) < 4.78 is 25.9. The van der Waals surface area contributed by atoms with Crippen LogP contribution in [-0.2, 0) is 22.3 Å². The summed E-state index contributed by atoms with van der Waals surface area (Å²) in [6.45, 7) is 13.2. The Morgan fingerprint density at radius 2 is 1.86 bits per heavy atom. The van der Waals surface area contributed by atoms with Gasteiger partial charge in [0.25, 0.3) is 0 Å². The number of nitrogens with zero attached hydrogens (tertiary/aromatic N) is 2. The van der Waals surface area contributed by atoms with Gasteiger partial charge in [-0.15, -0.1) is 0 Å². The lowest BCUT2D eigenvalue weighted by atomic mass is 10.1. The van der Waals surface area contributed by atoms with E-state index in [2.05, 4.69) is 46.0 Å². The fraction of sp³-hybridized carbons (Fsp3) is 0.667. The van der Waals surface area contributed by atoms with E-state index in [-0.39, 0.29) is 5.75 Å². The zero-order chi connectivity index (χ0) is 21.7. The molecular weight excluding hydrogens is 386 g/mol. The average molecular weight is 426 g/mol. The number of hydrogen-bond donors (Lipinski definition) is 3. The van der Waals surface area contributed by atoms with Crippen molar-refractivity contribution >= 4 is 16.0 Å². The molecule has 0 aliphatic heterocycles. The second kappa shape index (κ2) is 13.6. The molecule has 1 atom stereocenters. The first kappa shape index (κ1) is 25.4. The molecule has 1 aromatic carbocycles. The minimum absolute atomic E-state index is 0.0249. The van der Waals surface area contributed by atoms with Gasteiger partial charge in [-0.1, -0.05) is 38.1 Å². The predicted octanol–water partition coefficient (Wildman–Crippen LogP) is 2.30. The number of rotatable bonds is 13. The van der Waals surface area contributed by atoms with Gasteiger partial charge in [0.1, 0.15) is 0 Å². The maximum Gasteiger partial charge on any atom is 0.215 e. The Balaban J connectivity index is 2.65. The van der Waals surface area contributed by atoms with Gasteiger partial charge in [-0.25, -0.2) is 18.1 Å². The van der Waals surface area contributed by atoms with E-state index in [0.29, 0.717) is 12.6 Å². The zero-order valence-corrected chi connectivity index (χ0v) is 19.5. The van der Waals surface area contributed by atoms with Crippen molar-refractivity contribution in [1.29, 1.82) is 0 Å². The Morgan fingerprint density at radius 3 is 2.48 bits per heavy atom. The van der Waals surface area contributed by atoms with Crippen LogP contribution in [0, 0.1) is 0 Å². The summed E-state index contributed by atoms with van der Waals surface area (Å²) in [5, 5.41) is 6.76. The molecule has 0 saturated heterocycles. The van der Waals surface area contributed by atoms with Crippen molar-refractivity contribution < 1.29 is 8.42 Å². The van der Waals surface area contributed by atoms with Crippen molar-refractivity contribution in [1.82, 2.24) is 20.3 Å². The average Bonchev–Trinajstić information content (AvgIpc) is 2.69. The number of benzene rings is 1. The first-order chi connectivity index (χ1) is 13.8. The molecule has 0 saturated carbocycles. The van der Waals surface area contributed by atoms with Gasteiger partial charge in [-0.05, 0) is 64.5 Å².